The van der Waals surface area contributed by atoms with Crippen LogP contribution in [0.15, 0.2) is 71.6 Å². The van der Waals surface area contributed by atoms with Gasteiger partial charge in [0, 0.05) is 41.6 Å². The van der Waals surface area contributed by atoms with Crippen molar-refractivity contribution in [3.63, 3.8) is 0 Å². The number of fused-ring (bicyclic) bond motifs is 1. The van der Waals surface area contributed by atoms with Crippen molar-refractivity contribution in [1.29, 1.82) is 0 Å². The molecule has 1 N–H and O–H groups in total. The summed E-state index contributed by atoms with van der Waals surface area (Å²) in [4.78, 5) is 28.9. The highest BCUT2D eigenvalue weighted by Gasteiger charge is 2.40. The van der Waals surface area contributed by atoms with Crippen LogP contribution >= 0.6 is 11.8 Å². The summed E-state index contributed by atoms with van der Waals surface area (Å²) < 4.78 is 25.2. The molecule has 1 saturated heterocycles. The van der Waals surface area contributed by atoms with E-state index in [1.807, 2.05) is 47.4 Å². The van der Waals surface area contributed by atoms with Gasteiger partial charge >= 0.3 is 0 Å². The molecule has 8 heteroatoms. The fourth-order valence-corrected chi connectivity index (χ4v) is 7.00. The van der Waals surface area contributed by atoms with Crippen molar-refractivity contribution in [2.24, 2.45) is 0 Å². The van der Waals surface area contributed by atoms with E-state index in [1.165, 1.54) is 6.07 Å². The first kappa shape index (κ1) is 28.7. The van der Waals surface area contributed by atoms with Crippen LogP contribution in [0.3, 0.4) is 0 Å². The van der Waals surface area contributed by atoms with Gasteiger partial charge in [0.05, 0.1) is 19.1 Å². The molecule has 2 aliphatic rings. The number of methoxy groups -OCH3 is 2. The van der Waals surface area contributed by atoms with Crippen molar-refractivity contribution < 1.29 is 23.5 Å². The van der Waals surface area contributed by atoms with Crippen molar-refractivity contribution in [1.82, 2.24) is 10.2 Å². The molecule has 1 aliphatic carbocycles. The van der Waals surface area contributed by atoms with Crippen LogP contribution in [-0.4, -0.2) is 48.8 Å². The molecule has 41 heavy (non-hydrogen) atoms. The molecule has 6 nitrogen and oxygen atoms in total. The number of halogens is 1. The Bertz CT molecular complexity index is 1420. The van der Waals surface area contributed by atoms with E-state index < -0.39 is 0 Å². The first-order valence-electron chi connectivity index (χ1n) is 14.0. The topological polar surface area (TPSA) is 67.9 Å². The summed E-state index contributed by atoms with van der Waals surface area (Å²) in [5, 5.41) is 3.26. The first-order valence-corrected chi connectivity index (χ1v) is 14.9. The average molecular weight is 575 g/mol. The molecule has 0 bridgehead atoms. The molecule has 3 aromatic carbocycles. The molecule has 1 saturated carbocycles. The first-order chi connectivity index (χ1) is 20.0. The number of thioether (sulfide) groups is 1. The summed E-state index contributed by atoms with van der Waals surface area (Å²) in [6, 6.07) is 19.7. The van der Waals surface area contributed by atoms with Crippen molar-refractivity contribution >= 4 is 29.7 Å². The number of hydrogen-bond donors (Lipinski definition) is 1. The Morgan fingerprint density at radius 1 is 1.02 bits per heavy atom. The fraction of sp³-hybridized carbons (Fsp3) is 0.333. The molecule has 0 radical (unpaired) electrons. The minimum atomic E-state index is -0.284. The fourth-order valence-electron chi connectivity index (χ4n) is 5.53. The lowest BCUT2D eigenvalue weighted by atomic mass is 9.92. The van der Waals surface area contributed by atoms with Crippen molar-refractivity contribution in [2.45, 2.75) is 49.9 Å². The van der Waals surface area contributed by atoms with E-state index >= 15 is 0 Å². The third-order valence-corrected chi connectivity index (χ3v) is 9.16. The molecule has 2 amide bonds. The Balaban J connectivity index is 1.24. The van der Waals surface area contributed by atoms with Gasteiger partial charge in [-0.1, -0.05) is 49.2 Å². The zero-order chi connectivity index (χ0) is 28.8. The Morgan fingerprint density at radius 3 is 2.56 bits per heavy atom. The average Bonchev–Trinajstić information content (AvgIpc) is 3.00. The molecular formula is C33H35FN2O4S. The van der Waals surface area contributed by atoms with E-state index in [2.05, 4.69) is 5.32 Å². The highest BCUT2D eigenvalue weighted by Crippen LogP contribution is 2.42. The lowest BCUT2D eigenvalue weighted by Crippen LogP contribution is -2.50. The van der Waals surface area contributed by atoms with E-state index in [1.54, 1.807) is 50.2 Å². The van der Waals surface area contributed by atoms with E-state index in [9.17, 15) is 14.0 Å². The molecule has 214 valence electrons. The Morgan fingerprint density at radius 2 is 1.80 bits per heavy atom. The molecule has 5 rings (SSSR count). The highest BCUT2D eigenvalue weighted by atomic mass is 32.2. The van der Waals surface area contributed by atoms with Gasteiger partial charge in [-0.15, -0.1) is 11.8 Å². The minimum Gasteiger partial charge on any atom is -0.497 e. The summed E-state index contributed by atoms with van der Waals surface area (Å²) in [6.45, 7) is 0.727. The van der Waals surface area contributed by atoms with Gasteiger partial charge < -0.3 is 19.7 Å². The lowest BCUT2D eigenvalue weighted by molar-refractivity contribution is -0.130. The monoisotopic (exact) mass is 574 g/mol. The van der Waals surface area contributed by atoms with Crippen LogP contribution < -0.4 is 14.8 Å². The number of carbonyl (C=O) groups is 2. The number of nitrogens with zero attached hydrogens (tertiary/aromatic N) is 1. The largest absolute Gasteiger partial charge is 0.497 e. The van der Waals surface area contributed by atoms with Crippen LogP contribution in [0, 0.1) is 5.82 Å². The summed E-state index contributed by atoms with van der Waals surface area (Å²) in [7, 11) is 3.22. The summed E-state index contributed by atoms with van der Waals surface area (Å²) in [5.41, 5.74) is 2.91. The maximum absolute atomic E-state index is 14.5. The quantitative estimate of drug-likeness (QED) is 0.307. The SMILES string of the molecule is COc1ccc(CCNC(=O)c2ccc(/C=C3/SC4CCCCC4N(Cc4ccccc4F)C3=O)cc2)c(OC)c1. The summed E-state index contributed by atoms with van der Waals surface area (Å²) in [6.07, 6.45) is 6.71. The van der Waals surface area contributed by atoms with Crippen LogP contribution in [0.2, 0.25) is 0 Å². The van der Waals surface area contributed by atoms with Gasteiger partial charge in [-0.25, -0.2) is 4.39 Å². The molecule has 2 fully saturated rings. The standard InChI is InChI=1S/C33H35FN2O4S/c1-39-26-16-15-23(29(20-26)40-2)17-18-35-32(37)24-13-11-22(12-14-24)19-31-33(38)36(21-25-7-3-4-8-27(25)34)28-9-5-6-10-30(28)41-31/h3-4,7-8,11-16,19-20,28,30H,5-6,9-10,17-18,21H2,1-2H3,(H,35,37)/b31-19+. The van der Waals surface area contributed by atoms with Crippen LogP contribution in [0.25, 0.3) is 6.08 Å². The Labute approximate surface area is 244 Å². The molecule has 3 aromatic rings. The third-order valence-electron chi connectivity index (χ3n) is 7.76. The van der Waals surface area contributed by atoms with E-state index in [-0.39, 0.29) is 30.2 Å². The maximum Gasteiger partial charge on any atom is 0.260 e. The number of carbonyl (C=O) groups excluding carboxylic acids is 2. The van der Waals surface area contributed by atoms with Gasteiger partial charge in [-0.2, -0.15) is 0 Å². The summed E-state index contributed by atoms with van der Waals surface area (Å²) in [5.74, 6) is 0.930. The normalized spacial score (nSPS) is 19.5. The van der Waals surface area contributed by atoms with Gasteiger partial charge in [0.2, 0.25) is 0 Å². The Hall–Kier alpha value is -3.78. The molecule has 2 atom stereocenters. The van der Waals surface area contributed by atoms with E-state index in [0.29, 0.717) is 34.2 Å². The van der Waals surface area contributed by atoms with Crippen LogP contribution in [0.5, 0.6) is 11.5 Å². The summed E-state index contributed by atoms with van der Waals surface area (Å²) >= 11 is 1.64. The zero-order valence-corrected chi connectivity index (χ0v) is 24.2. The van der Waals surface area contributed by atoms with Gasteiger partial charge in [0.1, 0.15) is 17.3 Å². The van der Waals surface area contributed by atoms with Gasteiger partial charge in [-0.05, 0) is 60.7 Å². The van der Waals surface area contributed by atoms with Gasteiger partial charge in [-0.3, -0.25) is 9.59 Å². The molecule has 0 spiro atoms. The second-order valence-corrected chi connectivity index (χ2v) is 11.6. The number of rotatable bonds is 9. The van der Waals surface area contributed by atoms with Crippen molar-refractivity contribution in [3.8, 4) is 11.5 Å². The minimum absolute atomic E-state index is 0.0582. The van der Waals surface area contributed by atoms with E-state index in [4.69, 9.17) is 9.47 Å². The highest BCUT2D eigenvalue weighted by molar-refractivity contribution is 8.04. The second-order valence-electron chi connectivity index (χ2n) is 10.3. The number of nitrogens with one attached hydrogen (secondary N) is 1. The van der Waals surface area contributed by atoms with Gasteiger partial charge in [0.15, 0.2) is 0 Å². The van der Waals surface area contributed by atoms with Crippen molar-refractivity contribution in [2.75, 3.05) is 20.8 Å². The van der Waals surface area contributed by atoms with Crippen LogP contribution in [0.1, 0.15) is 52.7 Å². The van der Waals surface area contributed by atoms with Crippen molar-refractivity contribution in [3.05, 3.63) is 99.7 Å². The van der Waals surface area contributed by atoms with E-state index in [0.717, 1.165) is 48.3 Å². The van der Waals surface area contributed by atoms with Crippen LogP contribution in [-0.2, 0) is 17.8 Å². The Kier molecular flexibility index (Phi) is 9.29. The molecular weight excluding hydrogens is 539 g/mol. The lowest BCUT2D eigenvalue weighted by Gasteiger charge is -2.44. The second kappa shape index (κ2) is 13.3. The zero-order valence-electron chi connectivity index (χ0n) is 23.4. The molecule has 2 unspecified atom stereocenters. The van der Waals surface area contributed by atoms with Crippen LogP contribution in [0.4, 0.5) is 4.39 Å². The van der Waals surface area contributed by atoms with Gasteiger partial charge in [0.25, 0.3) is 11.8 Å². The molecule has 1 aliphatic heterocycles. The molecule has 0 aromatic heterocycles. The number of benzene rings is 3. The maximum atomic E-state index is 14.5. The third kappa shape index (κ3) is 6.76. The number of hydrogen-bond acceptors (Lipinski definition) is 5. The predicted molar refractivity (Wildman–Crippen MR) is 161 cm³/mol. The number of amides is 2. The number of ether oxygens (including phenoxy) is 2. The smallest absolute Gasteiger partial charge is 0.260 e. The molecule has 1 heterocycles. The predicted octanol–water partition coefficient (Wildman–Crippen LogP) is 6.24.